The lowest BCUT2D eigenvalue weighted by atomic mass is 10.1. The quantitative estimate of drug-likeness (QED) is 0.601. The number of nitrogens with two attached hydrogens (primary N) is 1. The zero-order chi connectivity index (χ0) is 13.5. The fourth-order valence-electron chi connectivity index (χ4n) is 1.57. The molecule has 4 N–H and O–H groups in total. The Morgan fingerprint density at radius 1 is 1.61 bits per heavy atom. The predicted molar refractivity (Wildman–Crippen MR) is 54.5 cm³/mol. The van der Waals surface area contributed by atoms with E-state index in [0.29, 0.717) is 4.57 Å². The number of nitrogen functional groups attached to an aromatic ring is 1. The largest absolute Gasteiger partial charge is 0.394 e. The number of alkyl halides is 2. The minimum atomic E-state index is -3.80. The minimum absolute atomic E-state index is 0.127. The first-order chi connectivity index (χ1) is 8.37. The van der Waals surface area contributed by atoms with Crippen LogP contribution in [0.2, 0.25) is 0 Å². The van der Waals surface area contributed by atoms with Crippen LogP contribution in [0.5, 0.6) is 0 Å². The van der Waals surface area contributed by atoms with Crippen molar-refractivity contribution in [2.45, 2.75) is 18.1 Å². The topological polar surface area (TPSA) is 111 Å². The SMILES string of the molecule is Nc1ccn([C]2O[C@H](CO)[C@@H](O)C2(F)F)c(=O)n1. The van der Waals surface area contributed by atoms with Gasteiger partial charge in [-0.3, -0.25) is 4.57 Å². The van der Waals surface area contributed by atoms with Crippen molar-refractivity contribution in [1.29, 1.82) is 0 Å². The van der Waals surface area contributed by atoms with Gasteiger partial charge < -0.3 is 20.7 Å². The lowest BCUT2D eigenvalue weighted by molar-refractivity contribution is -0.0859. The van der Waals surface area contributed by atoms with Gasteiger partial charge in [0.15, 0.2) is 6.10 Å². The van der Waals surface area contributed by atoms with Crippen LogP contribution in [0.15, 0.2) is 17.1 Å². The van der Waals surface area contributed by atoms with Crippen LogP contribution < -0.4 is 11.4 Å². The lowest BCUT2D eigenvalue weighted by Crippen LogP contribution is -2.42. The van der Waals surface area contributed by atoms with E-state index < -0.39 is 36.7 Å². The third-order valence-corrected chi connectivity index (χ3v) is 2.50. The van der Waals surface area contributed by atoms with Gasteiger partial charge in [0.25, 0.3) is 6.23 Å². The monoisotopic (exact) mass is 262 g/mol. The number of nitrogens with zero attached hydrogens (tertiary/aromatic N) is 2. The molecular formula is C9H10F2N3O4. The van der Waals surface area contributed by atoms with Crippen LogP contribution in [0.1, 0.15) is 0 Å². The molecule has 1 saturated heterocycles. The molecule has 1 radical (unpaired) electrons. The summed E-state index contributed by atoms with van der Waals surface area (Å²) < 4.78 is 32.5. The second-order valence-corrected chi connectivity index (χ2v) is 3.72. The van der Waals surface area contributed by atoms with Crippen molar-refractivity contribution in [2.24, 2.45) is 0 Å². The van der Waals surface area contributed by atoms with Crippen LogP contribution in [-0.4, -0.2) is 44.5 Å². The average molecular weight is 262 g/mol. The third-order valence-electron chi connectivity index (χ3n) is 2.50. The lowest BCUT2D eigenvalue weighted by Gasteiger charge is -2.19. The fourth-order valence-corrected chi connectivity index (χ4v) is 1.57. The van der Waals surface area contributed by atoms with Gasteiger partial charge in [0.05, 0.1) is 6.61 Å². The normalized spacial score (nSPS) is 27.6. The molecule has 7 nitrogen and oxygen atoms in total. The summed E-state index contributed by atoms with van der Waals surface area (Å²) in [6.45, 7) is -0.808. The number of halogens is 2. The highest BCUT2D eigenvalue weighted by atomic mass is 19.3. The van der Waals surface area contributed by atoms with Crippen LogP contribution in [0.25, 0.3) is 0 Å². The molecule has 2 heterocycles. The van der Waals surface area contributed by atoms with E-state index in [2.05, 4.69) is 4.98 Å². The number of rotatable bonds is 2. The number of hydrogen-bond donors (Lipinski definition) is 3. The Morgan fingerprint density at radius 3 is 2.78 bits per heavy atom. The van der Waals surface area contributed by atoms with Crippen molar-refractivity contribution in [3.05, 3.63) is 29.0 Å². The van der Waals surface area contributed by atoms with Gasteiger partial charge in [-0.1, -0.05) is 0 Å². The number of aliphatic hydroxyl groups excluding tert-OH is 2. The Labute approximate surface area is 99.4 Å². The van der Waals surface area contributed by atoms with Gasteiger partial charge in [-0.25, -0.2) is 4.79 Å². The van der Waals surface area contributed by atoms with Crippen LogP contribution in [0.4, 0.5) is 14.6 Å². The molecule has 2 atom stereocenters. The van der Waals surface area contributed by atoms with Crippen LogP contribution in [0, 0.1) is 6.23 Å². The molecule has 18 heavy (non-hydrogen) atoms. The Morgan fingerprint density at radius 2 is 2.28 bits per heavy atom. The molecule has 9 heteroatoms. The number of anilines is 1. The molecule has 1 aliphatic rings. The molecule has 2 rings (SSSR count). The standard InChI is InChI=1S/C9H10F2N3O4/c10-9(11)6(16)4(3-15)18-7(9)14-2-1-5(12)13-8(14)17/h1-2,4,6,15-16H,3H2,(H2,12,13,17)/t4-,6-/m1/s1. The number of aromatic nitrogens is 2. The van der Waals surface area contributed by atoms with Gasteiger partial charge in [0.2, 0.25) is 0 Å². The second-order valence-electron chi connectivity index (χ2n) is 3.72. The summed E-state index contributed by atoms with van der Waals surface area (Å²) in [7, 11) is 0. The maximum atomic E-state index is 13.7. The number of aliphatic hydroxyl groups is 2. The van der Waals surface area contributed by atoms with Crippen molar-refractivity contribution in [1.82, 2.24) is 9.55 Å². The maximum absolute atomic E-state index is 13.7. The van der Waals surface area contributed by atoms with E-state index in [1.807, 2.05) is 0 Å². The summed E-state index contributed by atoms with van der Waals surface area (Å²) in [5.41, 5.74) is 4.16. The van der Waals surface area contributed by atoms with Gasteiger partial charge in [-0.15, -0.1) is 0 Å². The first kappa shape index (κ1) is 12.9. The summed E-state index contributed by atoms with van der Waals surface area (Å²) in [5, 5.41) is 18.1. The van der Waals surface area contributed by atoms with Crippen molar-refractivity contribution >= 4 is 5.82 Å². The molecule has 0 aliphatic carbocycles. The molecule has 0 spiro atoms. The van der Waals surface area contributed by atoms with Crippen LogP contribution in [0.3, 0.4) is 0 Å². The molecule has 0 unspecified atom stereocenters. The summed E-state index contributed by atoms with van der Waals surface area (Å²) in [4.78, 5) is 14.7. The Kier molecular flexibility index (Phi) is 3.05. The van der Waals surface area contributed by atoms with E-state index >= 15 is 0 Å². The molecule has 0 aromatic carbocycles. The van der Waals surface area contributed by atoms with Crippen LogP contribution >= 0.6 is 0 Å². The van der Waals surface area contributed by atoms with Gasteiger partial charge in [-0.2, -0.15) is 13.8 Å². The Balaban J connectivity index is 2.42. The minimum Gasteiger partial charge on any atom is -0.394 e. The summed E-state index contributed by atoms with van der Waals surface area (Å²) in [6.07, 6.45) is -3.85. The van der Waals surface area contributed by atoms with E-state index in [0.717, 1.165) is 12.3 Å². The van der Waals surface area contributed by atoms with Crippen LogP contribution in [-0.2, 0) is 4.74 Å². The summed E-state index contributed by atoms with van der Waals surface area (Å²) in [6, 6.07) is 1.13. The Hall–Kier alpha value is -1.58. The van der Waals surface area contributed by atoms with E-state index in [-0.39, 0.29) is 5.82 Å². The van der Waals surface area contributed by atoms with Gasteiger partial charge in [0.1, 0.15) is 11.9 Å². The van der Waals surface area contributed by atoms with Crippen molar-refractivity contribution in [3.8, 4) is 0 Å². The second kappa shape index (κ2) is 4.26. The van der Waals surface area contributed by atoms with Crippen molar-refractivity contribution < 1.29 is 23.7 Å². The maximum Gasteiger partial charge on any atom is 0.352 e. The highest BCUT2D eigenvalue weighted by molar-refractivity contribution is 5.25. The van der Waals surface area contributed by atoms with Crippen molar-refractivity contribution in [3.63, 3.8) is 0 Å². The molecule has 99 valence electrons. The first-order valence-corrected chi connectivity index (χ1v) is 4.94. The third kappa shape index (κ3) is 1.85. The highest BCUT2D eigenvalue weighted by Crippen LogP contribution is 2.41. The van der Waals surface area contributed by atoms with Gasteiger partial charge in [0, 0.05) is 6.20 Å². The number of hydrogen-bond acceptors (Lipinski definition) is 6. The summed E-state index contributed by atoms with van der Waals surface area (Å²) in [5.74, 6) is -3.92. The smallest absolute Gasteiger partial charge is 0.352 e. The molecule has 1 aromatic heterocycles. The Bertz CT molecular complexity index is 507. The van der Waals surface area contributed by atoms with Crippen molar-refractivity contribution in [2.75, 3.05) is 12.3 Å². The van der Waals surface area contributed by atoms with E-state index in [1.165, 1.54) is 0 Å². The molecular weight excluding hydrogens is 252 g/mol. The molecule has 1 aromatic rings. The van der Waals surface area contributed by atoms with E-state index in [9.17, 15) is 18.7 Å². The molecule has 1 fully saturated rings. The highest BCUT2D eigenvalue weighted by Gasteiger charge is 2.61. The van der Waals surface area contributed by atoms with Gasteiger partial charge in [-0.05, 0) is 6.07 Å². The molecule has 0 bridgehead atoms. The molecule has 0 saturated carbocycles. The fraction of sp³-hybridized carbons (Fsp3) is 0.444. The predicted octanol–water partition coefficient (Wildman–Crippen LogP) is -1.45. The molecule has 0 amide bonds. The van der Waals surface area contributed by atoms with E-state index in [4.69, 9.17) is 15.6 Å². The number of ether oxygens (including phenoxy) is 1. The zero-order valence-corrected chi connectivity index (χ0v) is 8.96. The zero-order valence-electron chi connectivity index (χ0n) is 8.96. The molecule has 1 aliphatic heterocycles. The van der Waals surface area contributed by atoms with Gasteiger partial charge >= 0.3 is 11.6 Å². The summed E-state index contributed by atoms with van der Waals surface area (Å²) >= 11 is 0. The van der Waals surface area contributed by atoms with E-state index in [1.54, 1.807) is 0 Å². The first-order valence-electron chi connectivity index (χ1n) is 4.94. The average Bonchev–Trinajstić information content (AvgIpc) is 2.52.